The molecule has 3 aromatic rings. The molecule has 30 heavy (non-hydrogen) atoms. The Morgan fingerprint density at radius 2 is 1.67 bits per heavy atom. The van der Waals surface area contributed by atoms with Gasteiger partial charge in [-0.1, -0.05) is 48.5 Å². The zero-order chi connectivity index (χ0) is 21.3. The van der Waals surface area contributed by atoms with Crippen molar-refractivity contribution in [1.82, 2.24) is 15.2 Å². The Hall–Kier alpha value is -3.54. The molecule has 3 rings (SSSR count). The predicted octanol–water partition coefficient (Wildman–Crippen LogP) is 3.50. The average molecular weight is 405 g/mol. The summed E-state index contributed by atoms with van der Waals surface area (Å²) in [6, 6.07) is 20.3. The lowest BCUT2D eigenvalue weighted by Gasteiger charge is -2.30. The number of carbonyl (C=O) groups is 2. The molecule has 0 aliphatic heterocycles. The van der Waals surface area contributed by atoms with Gasteiger partial charge < -0.3 is 10.2 Å². The van der Waals surface area contributed by atoms with Crippen LogP contribution in [0.4, 0.5) is 4.39 Å². The Morgan fingerprint density at radius 3 is 2.30 bits per heavy atom. The molecule has 1 heterocycles. The maximum absolute atomic E-state index is 13.3. The molecule has 2 aromatic carbocycles. The van der Waals surface area contributed by atoms with E-state index in [0.717, 1.165) is 16.8 Å². The standard InChI is InChI=1S/C24H24FN3O2/c1-18(29)28(17-20-10-12-21(25)13-11-20)23(15-19-7-3-2-4-8-19)24(30)27-16-22-9-5-6-14-26-22/h2-14,23H,15-17H2,1H3,(H,27,30)/t23-/m0/s1. The fourth-order valence-corrected chi connectivity index (χ4v) is 3.21. The first-order chi connectivity index (χ1) is 14.5. The summed E-state index contributed by atoms with van der Waals surface area (Å²) in [5.41, 5.74) is 2.43. The van der Waals surface area contributed by atoms with Gasteiger partial charge in [0.05, 0.1) is 12.2 Å². The maximum Gasteiger partial charge on any atom is 0.243 e. The summed E-state index contributed by atoms with van der Waals surface area (Å²) in [6.45, 7) is 1.92. The van der Waals surface area contributed by atoms with Gasteiger partial charge in [-0.25, -0.2) is 4.39 Å². The van der Waals surface area contributed by atoms with Crippen LogP contribution < -0.4 is 5.32 Å². The summed E-state index contributed by atoms with van der Waals surface area (Å²) in [7, 11) is 0. The largest absolute Gasteiger partial charge is 0.349 e. The fourth-order valence-electron chi connectivity index (χ4n) is 3.21. The van der Waals surface area contributed by atoms with E-state index in [2.05, 4.69) is 10.3 Å². The van der Waals surface area contributed by atoms with E-state index in [1.165, 1.54) is 24.0 Å². The Bertz CT molecular complexity index is 963. The summed E-state index contributed by atoms with van der Waals surface area (Å²) in [5.74, 6) is -0.836. The molecule has 0 radical (unpaired) electrons. The van der Waals surface area contributed by atoms with E-state index < -0.39 is 6.04 Å². The molecule has 0 saturated carbocycles. The van der Waals surface area contributed by atoms with Crippen LogP contribution in [0.25, 0.3) is 0 Å². The van der Waals surface area contributed by atoms with E-state index in [1.54, 1.807) is 18.3 Å². The molecule has 1 N–H and O–H groups in total. The molecule has 1 aromatic heterocycles. The second kappa shape index (κ2) is 10.3. The highest BCUT2D eigenvalue weighted by Gasteiger charge is 2.28. The Morgan fingerprint density at radius 1 is 0.967 bits per heavy atom. The SMILES string of the molecule is CC(=O)N(Cc1ccc(F)cc1)[C@@H](Cc1ccccc1)C(=O)NCc1ccccn1. The van der Waals surface area contributed by atoms with Crippen molar-refractivity contribution in [2.24, 2.45) is 0 Å². The van der Waals surface area contributed by atoms with Crippen LogP contribution in [0, 0.1) is 5.82 Å². The van der Waals surface area contributed by atoms with Crippen molar-refractivity contribution in [3.05, 3.63) is 102 Å². The van der Waals surface area contributed by atoms with E-state index in [0.29, 0.717) is 6.42 Å². The van der Waals surface area contributed by atoms with Crippen molar-refractivity contribution in [3.63, 3.8) is 0 Å². The van der Waals surface area contributed by atoms with Gasteiger partial charge in [-0.05, 0) is 35.4 Å². The van der Waals surface area contributed by atoms with Crippen molar-refractivity contribution in [2.75, 3.05) is 0 Å². The monoisotopic (exact) mass is 405 g/mol. The van der Waals surface area contributed by atoms with Gasteiger partial charge in [0.1, 0.15) is 11.9 Å². The minimum absolute atomic E-state index is 0.212. The van der Waals surface area contributed by atoms with Gasteiger partial charge in [0.15, 0.2) is 0 Å². The highest BCUT2D eigenvalue weighted by molar-refractivity contribution is 5.87. The van der Waals surface area contributed by atoms with Gasteiger partial charge in [0, 0.05) is 26.1 Å². The molecule has 0 unspecified atom stereocenters. The van der Waals surface area contributed by atoms with Crippen molar-refractivity contribution in [3.8, 4) is 0 Å². The lowest BCUT2D eigenvalue weighted by atomic mass is 10.0. The molecule has 0 aliphatic rings. The number of hydrogen-bond donors (Lipinski definition) is 1. The van der Waals surface area contributed by atoms with Gasteiger partial charge in [-0.2, -0.15) is 0 Å². The fraction of sp³-hybridized carbons (Fsp3) is 0.208. The van der Waals surface area contributed by atoms with Crippen LogP contribution in [0.15, 0.2) is 79.0 Å². The van der Waals surface area contributed by atoms with E-state index in [1.807, 2.05) is 48.5 Å². The van der Waals surface area contributed by atoms with Gasteiger partial charge in [-0.15, -0.1) is 0 Å². The predicted molar refractivity (Wildman–Crippen MR) is 113 cm³/mol. The molecule has 2 amide bonds. The molecule has 0 saturated heterocycles. The van der Waals surface area contributed by atoms with Crippen LogP contribution in [0.3, 0.4) is 0 Å². The van der Waals surface area contributed by atoms with Crippen molar-refractivity contribution < 1.29 is 14.0 Å². The first-order valence-electron chi connectivity index (χ1n) is 9.76. The van der Waals surface area contributed by atoms with Crippen molar-refractivity contribution in [1.29, 1.82) is 0 Å². The third-order valence-electron chi connectivity index (χ3n) is 4.79. The number of rotatable bonds is 8. The van der Waals surface area contributed by atoms with Crippen LogP contribution in [-0.4, -0.2) is 27.7 Å². The lowest BCUT2D eigenvalue weighted by molar-refractivity contribution is -0.139. The molecular formula is C24H24FN3O2. The lowest BCUT2D eigenvalue weighted by Crippen LogP contribution is -2.49. The molecule has 154 valence electrons. The number of nitrogens with one attached hydrogen (secondary N) is 1. The number of benzene rings is 2. The number of pyridine rings is 1. The van der Waals surface area contributed by atoms with Gasteiger partial charge in [-0.3, -0.25) is 14.6 Å². The van der Waals surface area contributed by atoms with Crippen molar-refractivity contribution >= 4 is 11.8 Å². The number of amides is 2. The summed E-state index contributed by atoms with van der Waals surface area (Å²) in [4.78, 5) is 31.3. The number of aromatic nitrogens is 1. The van der Waals surface area contributed by atoms with Crippen LogP contribution in [0.2, 0.25) is 0 Å². The van der Waals surface area contributed by atoms with Crippen LogP contribution in [0.1, 0.15) is 23.7 Å². The smallest absolute Gasteiger partial charge is 0.243 e. The zero-order valence-corrected chi connectivity index (χ0v) is 16.8. The first-order valence-corrected chi connectivity index (χ1v) is 9.76. The third-order valence-corrected chi connectivity index (χ3v) is 4.79. The molecule has 6 heteroatoms. The normalized spacial score (nSPS) is 11.5. The minimum atomic E-state index is -0.710. The Labute approximate surface area is 175 Å². The second-order valence-electron chi connectivity index (χ2n) is 7.02. The first kappa shape index (κ1) is 21.2. The van der Waals surface area contributed by atoms with E-state index in [-0.39, 0.29) is 30.7 Å². The molecule has 0 aliphatic carbocycles. The van der Waals surface area contributed by atoms with Gasteiger partial charge >= 0.3 is 0 Å². The molecular weight excluding hydrogens is 381 g/mol. The Balaban J connectivity index is 1.82. The second-order valence-corrected chi connectivity index (χ2v) is 7.02. The molecule has 0 spiro atoms. The number of hydrogen-bond acceptors (Lipinski definition) is 3. The summed E-state index contributed by atoms with van der Waals surface area (Å²) in [5, 5.41) is 2.89. The number of halogens is 1. The third kappa shape index (κ3) is 5.98. The van der Waals surface area contributed by atoms with Gasteiger partial charge in [0.2, 0.25) is 11.8 Å². The van der Waals surface area contributed by atoms with Crippen LogP contribution >= 0.6 is 0 Å². The van der Waals surface area contributed by atoms with E-state index >= 15 is 0 Å². The number of nitrogens with zero attached hydrogens (tertiary/aromatic N) is 2. The maximum atomic E-state index is 13.3. The molecule has 0 fully saturated rings. The number of carbonyl (C=O) groups excluding carboxylic acids is 2. The highest BCUT2D eigenvalue weighted by Crippen LogP contribution is 2.15. The molecule has 5 nitrogen and oxygen atoms in total. The quantitative estimate of drug-likeness (QED) is 0.624. The molecule has 1 atom stereocenters. The van der Waals surface area contributed by atoms with E-state index in [9.17, 15) is 14.0 Å². The zero-order valence-electron chi connectivity index (χ0n) is 16.8. The summed E-state index contributed by atoms with van der Waals surface area (Å²) < 4.78 is 13.3. The van der Waals surface area contributed by atoms with E-state index in [4.69, 9.17) is 0 Å². The minimum Gasteiger partial charge on any atom is -0.349 e. The summed E-state index contributed by atoms with van der Waals surface area (Å²) >= 11 is 0. The van der Waals surface area contributed by atoms with Crippen LogP contribution in [0.5, 0.6) is 0 Å². The summed E-state index contributed by atoms with van der Waals surface area (Å²) in [6.07, 6.45) is 2.04. The van der Waals surface area contributed by atoms with Gasteiger partial charge in [0.25, 0.3) is 0 Å². The van der Waals surface area contributed by atoms with Crippen LogP contribution in [-0.2, 0) is 29.1 Å². The molecule has 0 bridgehead atoms. The topological polar surface area (TPSA) is 62.3 Å². The van der Waals surface area contributed by atoms with Crippen molar-refractivity contribution in [2.45, 2.75) is 32.5 Å². The average Bonchev–Trinajstić information content (AvgIpc) is 2.77. The Kier molecular flexibility index (Phi) is 7.27. The highest BCUT2D eigenvalue weighted by atomic mass is 19.1.